The summed E-state index contributed by atoms with van der Waals surface area (Å²) < 4.78 is 37.2. The average molecular weight is 261 g/mol. The fourth-order valence-corrected chi connectivity index (χ4v) is 1.12. The third-order valence-corrected chi connectivity index (χ3v) is 2.02. The van der Waals surface area contributed by atoms with Crippen LogP contribution in [-0.4, -0.2) is 34.5 Å². The number of anilines is 1. The number of rotatable bonds is 4. The van der Waals surface area contributed by atoms with E-state index in [2.05, 4.69) is 10.3 Å². The smallest absolute Gasteiger partial charge is 0.394 e. The normalized spacial score (nSPS) is 12.9. The van der Waals surface area contributed by atoms with Crippen molar-refractivity contribution in [1.29, 1.82) is 5.26 Å². The SMILES string of the molecule is N#Cc1ccc(C(F)(F)F)nc1NCC(O)CO. The number of aliphatic hydroxyl groups is 2. The highest BCUT2D eigenvalue weighted by atomic mass is 19.4. The summed E-state index contributed by atoms with van der Waals surface area (Å²) in [6.07, 6.45) is -5.76. The van der Waals surface area contributed by atoms with E-state index in [9.17, 15) is 13.2 Å². The third-order valence-electron chi connectivity index (χ3n) is 2.02. The highest BCUT2D eigenvalue weighted by Crippen LogP contribution is 2.29. The molecule has 1 unspecified atom stereocenters. The number of nitriles is 1. The second kappa shape index (κ2) is 5.66. The third kappa shape index (κ3) is 3.58. The zero-order chi connectivity index (χ0) is 13.8. The number of nitrogens with one attached hydrogen (secondary N) is 1. The van der Waals surface area contributed by atoms with Gasteiger partial charge < -0.3 is 15.5 Å². The van der Waals surface area contributed by atoms with Crippen LogP contribution in [0.1, 0.15) is 11.3 Å². The van der Waals surface area contributed by atoms with Crippen LogP contribution >= 0.6 is 0 Å². The minimum absolute atomic E-state index is 0.0758. The van der Waals surface area contributed by atoms with Crippen LogP contribution in [0.2, 0.25) is 0 Å². The van der Waals surface area contributed by atoms with Crippen molar-refractivity contribution in [3.63, 3.8) is 0 Å². The van der Waals surface area contributed by atoms with E-state index in [0.29, 0.717) is 6.07 Å². The molecule has 1 aromatic heterocycles. The molecule has 0 aliphatic heterocycles. The molecule has 1 aromatic rings. The molecule has 0 spiro atoms. The number of nitrogens with zero attached hydrogens (tertiary/aromatic N) is 2. The van der Waals surface area contributed by atoms with Crippen molar-refractivity contribution in [3.05, 3.63) is 23.4 Å². The Morgan fingerprint density at radius 1 is 1.44 bits per heavy atom. The van der Waals surface area contributed by atoms with E-state index in [1.807, 2.05) is 0 Å². The molecule has 18 heavy (non-hydrogen) atoms. The summed E-state index contributed by atoms with van der Waals surface area (Å²) in [5.74, 6) is -0.278. The van der Waals surface area contributed by atoms with Gasteiger partial charge in [0, 0.05) is 6.54 Å². The molecular formula is C10H10F3N3O2. The Morgan fingerprint density at radius 3 is 2.61 bits per heavy atom. The first-order chi connectivity index (χ1) is 8.38. The number of aliphatic hydroxyl groups excluding tert-OH is 2. The topological polar surface area (TPSA) is 89.2 Å². The Labute approximate surface area is 101 Å². The fraction of sp³-hybridized carbons (Fsp3) is 0.400. The van der Waals surface area contributed by atoms with Crippen molar-refractivity contribution in [3.8, 4) is 6.07 Å². The maximum atomic E-state index is 12.4. The van der Waals surface area contributed by atoms with Gasteiger partial charge in [-0.25, -0.2) is 4.98 Å². The molecular weight excluding hydrogens is 251 g/mol. The van der Waals surface area contributed by atoms with Gasteiger partial charge in [-0.15, -0.1) is 0 Å². The predicted octanol–water partition coefficient (Wildman–Crippen LogP) is 0.737. The second-order valence-corrected chi connectivity index (χ2v) is 3.42. The first-order valence-electron chi connectivity index (χ1n) is 4.89. The molecule has 0 amide bonds. The maximum Gasteiger partial charge on any atom is 0.433 e. The number of hydrogen-bond donors (Lipinski definition) is 3. The predicted molar refractivity (Wildman–Crippen MR) is 55.5 cm³/mol. The van der Waals surface area contributed by atoms with Crippen molar-refractivity contribution in [1.82, 2.24) is 4.98 Å². The molecule has 1 heterocycles. The fourth-order valence-electron chi connectivity index (χ4n) is 1.12. The van der Waals surface area contributed by atoms with Gasteiger partial charge in [-0.3, -0.25) is 0 Å². The number of pyridine rings is 1. The van der Waals surface area contributed by atoms with Gasteiger partial charge in [0.2, 0.25) is 0 Å². The summed E-state index contributed by atoms with van der Waals surface area (Å²) >= 11 is 0. The minimum atomic E-state index is -4.61. The van der Waals surface area contributed by atoms with Crippen molar-refractivity contribution in [2.45, 2.75) is 12.3 Å². The molecule has 98 valence electrons. The van der Waals surface area contributed by atoms with Crippen LogP contribution in [0.15, 0.2) is 12.1 Å². The lowest BCUT2D eigenvalue weighted by molar-refractivity contribution is -0.141. The number of hydrogen-bond acceptors (Lipinski definition) is 5. The van der Waals surface area contributed by atoms with E-state index >= 15 is 0 Å². The summed E-state index contributed by atoms with van der Waals surface area (Å²) in [6, 6.07) is 3.37. The van der Waals surface area contributed by atoms with Gasteiger partial charge in [-0.05, 0) is 12.1 Å². The van der Waals surface area contributed by atoms with E-state index in [4.69, 9.17) is 15.5 Å². The van der Waals surface area contributed by atoms with Gasteiger partial charge in [0.1, 0.15) is 17.6 Å². The molecule has 0 aliphatic carbocycles. The summed E-state index contributed by atoms with van der Waals surface area (Å²) in [6.45, 7) is -0.757. The van der Waals surface area contributed by atoms with Gasteiger partial charge in [0.15, 0.2) is 0 Å². The van der Waals surface area contributed by atoms with Crippen molar-refractivity contribution < 1.29 is 23.4 Å². The van der Waals surface area contributed by atoms with Crippen molar-refractivity contribution in [2.75, 3.05) is 18.5 Å². The monoisotopic (exact) mass is 261 g/mol. The Balaban J connectivity index is 2.97. The molecule has 0 saturated carbocycles. The lowest BCUT2D eigenvalue weighted by Gasteiger charge is -2.12. The van der Waals surface area contributed by atoms with Crippen LogP contribution in [-0.2, 0) is 6.18 Å². The second-order valence-electron chi connectivity index (χ2n) is 3.42. The van der Waals surface area contributed by atoms with E-state index in [1.54, 1.807) is 6.07 Å². The van der Waals surface area contributed by atoms with Crippen LogP contribution in [0.25, 0.3) is 0 Å². The molecule has 0 saturated heterocycles. The lowest BCUT2D eigenvalue weighted by atomic mass is 10.2. The quantitative estimate of drug-likeness (QED) is 0.743. The summed E-state index contributed by atoms with van der Waals surface area (Å²) in [7, 11) is 0. The van der Waals surface area contributed by atoms with Gasteiger partial charge in [0.05, 0.1) is 18.3 Å². The van der Waals surface area contributed by atoms with Crippen LogP contribution in [0.3, 0.4) is 0 Å². The van der Waals surface area contributed by atoms with Crippen LogP contribution in [0.5, 0.6) is 0 Å². The Bertz CT molecular complexity index is 457. The molecule has 8 heteroatoms. The summed E-state index contributed by atoms with van der Waals surface area (Å²) in [5, 5.41) is 28.7. The molecule has 0 fully saturated rings. The highest BCUT2D eigenvalue weighted by molar-refractivity contribution is 5.52. The van der Waals surface area contributed by atoms with Crippen LogP contribution < -0.4 is 5.32 Å². The standard InChI is InChI=1S/C10H10F3N3O2/c11-10(12,13)8-2-1-6(3-14)9(16-8)15-4-7(18)5-17/h1-2,7,17-18H,4-5H2,(H,15,16). The van der Waals surface area contributed by atoms with Gasteiger partial charge in [-0.1, -0.05) is 0 Å². The maximum absolute atomic E-state index is 12.4. The zero-order valence-corrected chi connectivity index (χ0v) is 9.07. The molecule has 1 rings (SSSR count). The van der Waals surface area contributed by atoms with Crippen LogP contribution in [0, 0.1) is 11.3 Å². The molecule has 0 aliphatic rings. The summed E-state index contributed by atoms with van der Waals surface area (Å²) in [4.78, 5) is 3.27. The molecule has 0 aromatic carbocycles. The van der Waals surface area contributed by atoms with Gasteiger partial charge >= 0.3 is 6.18 Å². The number of aromatic nitrogens is 1. The van der Waals surface area contributed by atoms with Crippen molar-refractivity contribution >= 4 is 5.82 Å². The molecule has 3 N–H and O–H groups in total. The minimum Gasteiger partial charge on any atom is -0.394 e. The Morgan fingerprint density at radius 2 is 2.11 bits per heavy atom. The average Bonchev–Trinajstić information content (AvgIpc) is 2.34. The largest absolute Gasteiger partial charge is 0.433 e. The molecule has 5 nitrogen and oxygen atoms in total. The Hall–Kier alpha value is -1.85. The molecule has 0 radical (unpaired) electrons. The highest BCUT2D eigenvalue weighted by Gasteiger charge is 2.33. The summed E-state index contributed by atoms with van der Waals surface area (Å²) in [5.41, 5.74) is -1.21. The number of alkyl halides is 3. The van der Waals surface area contributed by atoms with Gasteiger partial charge in [-0.2, -0.15) is 18.4 Å². The lowest BCUT2D eigenvalue weighted by Crippen LogP contribution is -2.24. The van der Waals surface area contributed by atoms with E-state index in [0.717, 1.165) is 6.07 Å². The van der Waals surface area contributed by atoms with Crippen LogP contribution in [0.4, 0.5) is 19.0 Å². The molecule has 1 atom stereocenters. The first-order valence-corrected chi connectivity index (χ1v) is 4.89. The molecule has 0 bridgehead atoms. The van der Waals surface area contributed by atoms with Crippen molar-refractivity contribution in [2.24, 2.45) is 0 Å². The Kier molecular flexibility index (Phi) is 4.47. The first kappa shape index (κ1) is 14.2. The number of halogens is 3. The van der Waals surface area contributed by atoms with E-state index in [-0.39, 0.29) is 17.9 Å². The van der Waals surface area contributed by atoms with Gasteiger partial charge in [0.25, 0.3) is 0 Å². The van der Waals surface area contributed by atoms with E-state index < -0.39 is 24.6 Å². The zero-order valence-electron chi connectivity index (χ0n) is 9.07. The van der Waals surface area contributed by atoms with E-state index in [1.165, 1.54) is 0 Å².